The zero-order chi connectivity index (χ0) is 27.9. The van der Waals surface area contributed by atoms with E-state index in [0.29, 0.717) is 35.7 Å². The fourth-order valence-corrected chi connectivity index (χ4v) is 4.66. The molecule has 1 aliphatic rings. The first kappa shape index (κ1) is 27.7. The molecule has 8 nitrogen and oxygen atoms in total. The number of esters is 1. The number of nitrogens with zero attached hydrogens (tertiary/aromatic N) is 2. The zero-order valence-corrected chi connectivity index (χ0v) is 22.4. The van der Waals surface area contributed by atoms with Crippen LogP contribution in [0.15, 0.2) is 72.8 Å². The number of thiocarbonyl (C=S) groups is 1. The number of rotatable bonds is 10. The Morgan fingerprint density at radius 1 is 1.00 bits per heavy atom. The Kier molecular flexibility index (Phi) is 8.88. The van der Waals surface area contributed by atoms with Gasteiger partial charge in [-0.05, 0) is 91.8 Å². The highest BCUT2D eigenvalue weighted by atomic mass is 32.1. The lowest BCUT2D eigenvalue weighted by Gasteiger charge is -2.24. The molecule has 0 aliphatic carbocycles. The van der Waals surface area contributed by atoms with Crippen molar-refractivity contribution in [2.75, 3.05) is 30.5 Å². The molecule has 0 unspecified atom stereocenters. The van der Waals surface area contributed by atoms with Crippen molar-refractivity contribution in [1.82, 2.24) is 4.90 Å². The highest BCUT2D eigenvalue weighted by Crippen LogP contribution is 2.28. The Balaban J connectivity index is 1.54. The van der Waals surface area contributed by atoms with Crippen LogP contribution in [-0.2, 0) is 20.7 Å². The van der Waals surface area contributed by atoms with Crippen molar-refractivity contribution in [3.63, 3.8) is 0 Å². The van der Waals surface area contributed by atoms with Crippen molar-refractivity contribution in [1.29, 1.82) is 0 Å². The van der Waals surface area contributed by atoms with Crippen LogP contribution in [0.3, 0.4) is 0 Å². The first-order valence-electron chi connectivity index (χ1n) is 12.4. The van der Waals surface area contributed by atoms with Gasteiger partial charge in [0.15, 0.2) is 5.11 Å². The molecule has 1 atom stereocenters. The third-order valence-corrected chi connectivity index (χ3v) is 6.68. The third kappa shape index (κ3) is 6.58. The molecule has 1 aliphatic heterocycles. The molecule has 1 saturated heterocycles. The van der Waals surface area contributed by atoms with Gasteiger partial charge in [-0.1, -0.05) is 12.1 Å². The maximum Gasteiger partial charge on any atom is 0.338 e. The van der Waals surface area contributed by atoms with Gasteiger partial charge in [0.05, 0.1) is 31.4 Å². The lowest BCUT2D eigenvalue weighted by molar-refractivity contribution is -0.124. The van der Waals surface area contributed by atoms with Gasteiger partial charge in [-0.15, -0.1) is 0 Å². The molecule has 2 amide bonds. The van der Waals surface area contributed by atoms with Crippen molar-refractivity contribution in [3.8, 4) is 5.75 Å². The Morgan fingerprint density at radius 2 is 1.67 bits per heavy atom. The first-order valence-corrected chi connectivity index (χ1v) is 12.8. The summed E-state index contributed by atoms with van der Waals surface area (Å²) in [6.07, 6.45) is 0.353. The number of hydrogen-bond donors (Lipinski definition) is 1. The Bertz CT molecular complexity index is 1350. The van der Waals surface area contributed by atoms with Crippen LogP contribution in [0.1, 0.15) is 29.3 Å². The molecule has 1 N–H and O–H groups in total. The largest absolute Gasteiger partial charge is 0.497 e. The second-order valence-corrected chi connectivity index (χ2v) is 9.16. The standard InChI is InChI=1S/C29H28FN3O5S/c1-3-38-28(36)20-6-12-23(13-7-20)33-27(35)25(18-26(34)31-22-10-14-24(37-2)15-11-22)32(29(33)39)17-16-19-4-8-21(30)9-5-19/h4-15,25H,3,16-18H2,1-2H3,(H,31,34)/t25-/m0/s1. The molecule has 1 fully saturated rings. The number of benzene rings is 3. The minimum Gasteiger partial charge on any atom is -0.497 e. The van der Waals surface area contributed by atoms with Crippen LogP contribution in [0.2, 0.25) is 0 Å². The van der Waals surface area contributed by atoms with Crippen LogP contribution in [-0.4, -0.2) is 54.1 Å². The molecule has 39 heavy (non-hydrogen) atoms. The van der Waals surface area contributed by atoms with Crippen molar-refractivity contribution in [2.45, 2.75) is 25.8 Å². The quantitative estimate of drug-likeness (QED) is 0.293. The maximum atomic E-state index is 13.6. The van der Waals surface area contributed by atoms with E-state index in [2.05, 4.69) is 5.32 Å². The van der Waals surface area contributed by atoms with Crippen molar-refractivity contribution >= 4 is 46.5 Å². The number of anilines is 2. The number of nitrogens with one attached hydrogen (secondary N) is 1. The van der Waals surface area contributed by atoms with Crippen LogP contribution in [0.4, 0.5) is 15.8 Å². The van der Waals surface area contributed by atoms with Crippen molar-refractivity contribution in [2.24, 2.45) is 0 Å². The van der Waals surface area contributed by atoms with Gasteiger partial charge in [-0.3, -0.25) is 14.5 Å². The summed E-state index contributed by atoms with van der Waals surface area (Å²) in [6, 6.07) is 18.5. The highest BCUT2D eigenvalue weighted by Gasteiger charge is 2.44. The summed E-state index contributed by atoms with van der Waals surface area (Å²) in [6.45, 7) is 2.31. The predicted octanol–water partition coefficient (Wildman–Crippen LogP) is 4.58. The molecule has 0 saturated carbocycles. The van der Waals surface area contributed by atoms with Gasteiger partial charge in [0.2, 0.25) is 5.91 Å². The summed E-state index contributed by atoms with van der Waals surface area (Å²) in [5.74, 6) is -0.856. The second-order valence-electron chi connectivity index (χ2n) is 8.79. The van der Waals surface area contributed by atoms with E-state index < -0.39 is 12.0 Å². The summed E-state index contributed by atoms with van der Waals surface area (Å²) in [7, 11) is 1.55. The average Bonchev–Trinajstić information content (AvgIpc) is 3.17. The number of carbonyl (C=O) groups is 3. The number of amides is 2. The monoisotopic (exact) mass is 549 g/mol. The number of hydrogen-bond acceptors (Lipinski definition) is 6. The molecule has 0 aromatic heterocycles. The van der Waals surface area contributed by atoms with Gasteiger partial charge in [0, 0.05) is 12.2 Å². The molecule has 10 heteroatoms. The predicted molar refractivity (Wildman–Crippen MR) is 149 cm³/mol. The number of methoxy groups -OCH3 is 1. The minimum atomic E-state index is -0.846. The van der Waals surface area contributed by atoms with Gasteiger partial charge in [0.25, 0.3) is 5.91 Å². The fraction of sp³-hybridized carbons (Fsp3) is 0.241. The average molecular weight is 550 g/mol. The molecule has 0 spiro atoms. The second kappa shape index (κ2) is 12.5. The molecule has 202 valence electrons. The van der Waals surface area contributed by atoms with Gasteiger partial charge >= 0.3 is 5.97 Å². The van der Waals surface area contributed by atoms with Crippen molar-refractivity contribution < 1.29 is 28.2 Å². The lowest BCUT2D eigenvalue weighted by atomic mass is 10.1. The molecule has 0 radical (unpaired) electrons. The van der Waals surface area contributed by atoms with E-state index in [4.69, 9.17) is 21.7 Å². The van der Waals surface area contributed by atoms with E-state index >= 15 is 0 Å². The maximum absolute atomic E-state index is 13.6. The van der Waals surface area contributed by atoms with E-state index in [0.717, 1.165) is 5.56 Å². The van der Waals surface area contributed by atoms with Crippen LogP contribution in [0.25, 0.3) is 0 Å². The Hall–Kier alpha value is -4.31. The highest BCUT2D eigenvalue weighted by molar-refractivity contribution is 7.80. The molecule has 3 aromatic rings. The summed E-state index contributed by atoms with van der Waals surface area (Å²) in [4.78, 5) is 41.8. The minimum absolute atomic E-state index is 0.133. The Labute approximate surface area is 231 Å². The van der Waals surface area contributed by atoms with Crippen LogP contribution >= 0.6 is 12.2 Å². The first-order chi connectivity index (χ1) is 18.8. The molecule has 4 rings (SSSR count). The smallest absolute Gasteiger partial charge is 0.338 e. The van der Waals surface area contributed by atoms with Crippen molar-refractivity contribution in [3.05, 3.63) is 89.7 Å². The summed E-state index contributed by atoms with van der Waals surface area (Å²) >= 11 is 5.70. The normalized spacial score (nSPS) is 14.9. The summed E-state index contributed by atoms with van der Waals surface area (Å²) in [5, 5.41) is 3.06. The summed E-state index contributed by atoms with van der Waals surface area (Å²) in [5.41, 5.74) is 2.26. The SMILES string of the molecule is CCOC(=O)c1ccc(N2C(=O)[C@H](CC(=O)Nc3ccc(OC)cc3)N(CCc3ccc(F)cc3)C2=S)cc1. The topological polar surface area (TPSA) is 88.2 Å². The summed E-state index contributed by atoms with van der Waals surface area (Å²) < 4.78 is 23.5. The fourth-order valence-electron chi connectivity index (χ4n) is 4.25. The molecule has 0 bridgehead atoms. The van der Waals surface area contributed by atoms with Gasteiger partial charge < -0.3 is 19.7 Å². The van der Waals surface area contributed by atoms with Crippen LogP contribution < -0.4 is 15.0 Å². The number of carbonyl (C=O) groups excluding carboxylic acids is 3. The zero-order valence-electron chi connectivity index (χ0n) is 21.6. The van der Waals surface area contributed by atoms with E-state index in [1.54, 1.807) is 79.6 Å². The van der Waals surface area contributed by atoms with Gasteiger partial charge in [-0.2, -0.15) is 0 Å². The molecule has 1 heterocycles. The van der Waals surface area contributed by atoms with Crippen LogP contribution in [0, 0.1) is 5.82 Å². The number of ether oxygens (including phenoxy) is 2. The van der Waals surface area contributed by atoms with E-state index in [-0.39, 0.29) is 35.8 Å². The van der Waals surface area contributed by atoms with Gasteiger partial charge in [-0.25, -0.2) is 9.18 Å². The Morgan fingerprint density at radius 3 is 2.28 bits per heavy atom. The van der Waals surface area contributed by atoms with E-state index in [1.807, 2.05) is 0 Å². The number of halogens is 1. The van der Waals surface area contributed by atoms with E-state index in [1.165, 1.54) is 17.0 Å². The van der Waals surface area contributed by atoms with Crippen LogP contribution in [0.5, 0.6) is 5.75 Å². The lowest BCUT2D eigenvalue weighted by Crippen LogP contribution is -2.39. The molecular weight excluding hydrogens is 521 g/mol. The van der Waals surface area contributed by atoms with E-state index in [9.17, 15) is 18.8 Å². The molecule has 3 aromatic carbocycles. The third-order valence-electron chi connectivity index (χ3n) is 6.26. The van der Waals surface area contributed by atoms with Gasteiger partial charge in [0.1, 0.15) is 17.6 Å². The molecular formula is C29H28FN3O5S.